The molecule has 0 aromatic heterocycles. The lowest BCUT2D eigenvalue weighted by molar-refractivity contribution is -0.131. The van der Waals surface area contributed by atoms with Gasteiger partial charge in [0.05, 0.1) is 5.69 Å². The second kappa shape index (κ2) is 7.08. The van der Waals surface area contributed by atoms with Crippen molar-refractivity contribution < 1.29 is 19.4 Å². The molecule has 0 atom stereocenters. The standard InChI is InChI=1S/C17H15NO4/c1-12(11-16(19)20)17(21)18-14-9-5-6-10-15(14)22-13-7-3-2-4-8-13/h2-11H,1H3,(H,18,21)(H,19,20)/b12-11+. The van der Waals surface area contributed by atoms with Crippen molar-refractivity contribution >= 4 is 17.6 Å². The summed E-state index contributed by atoms with van der Waals surface area (Å²) >= 11 is 0. The Balaban J connectivity index is 2.18. The van der Waals surface area contributed by atoms with Crippen LogP contribution in [0, 0.1) is 0 Å². The quantitative estimate of drug-likeness (QED) is 0.829. The molecule has 0 aliphatic carbocycles. The molecule has 2 N–H and O–H groups in total. The molecule has 5 heteroatoms. The van der Waals surface area contributed by atoms with E-state index in [1.54, 1.807) is 36.4 Å². The minimum Gasteiger partial charge on any atom is -0.478 e. The van der Waals surface area contributed by atoms with Crippen LogP contribution in [0.25, 0.3) is 0 Å². The Hall–Kier alpha value is -3.08. The third kappa shape index (κ3) is 4.21. The molecular weight excluding hydrogens is 282 g/mol. The Labute approximate surface area is 127 Å². The van der Waals surface area contributed by atoms with Crippen LogP contribution in [0.1, 0.15) is 6.92 Å². The predicted molar refractivity (Wildman–Crippen MR) is 83.0 cm³/mol. The molecule has 112 valence electrons. The van der Waals surface area contributed by atoms with Gasteiger partial charge in [0.15, 0.2) is 5.75 Å². The van der Waals surface area contributed by atoms with E-state index in [1.807, 2.05) is 18.2 Å². The average Bonchev–Trinajstić information content (AvgIpc) is 2.49. The molecule has 0 aliphatic heterocycles. The Kier molecular flexibility index (Phi) is 4.93. The van der Waals surface area contributed by atoms with E-state index in [1.165, 1.54) is 6.92 Å². The number of carbonyl (C=O) groups is 2. The summed E-state index contributed by atoms with van der Waals surface area (Å²) in [6.45, 7) is 1.43. The number of rotatable bonds is 5. The van der Waals surface area contributed by atoms with Gasteiger partial charge in [0, 0.05) is 11.6 Å². The summed E-state index contributed by atoms with van der Waals surface area (Å²) in [5.74, 6) is -0.542. The second-order valence-electron chi connectivity index (χ2n) is 4.53. The Morgan fingerprint density at radius 2 is 1.68 bits per heavy atom. The zero-order valence-electron chi connectivity index (χ0n) is 11.9. The molecule has 22 heavy (non-hydrogen) atoms. The molecule has 1 amide bonds. The molecule has 0 radical (unpaired) electrons. The van der Waals surface area contributed by atoms with Gasteiger partial charge in [0.2, 0.25) is 0 Å². The van der Waals surface area contributed by atoms with Gasteiger partial charge in [-0.1, -0.05) is 30.3 Å². The molecule has 0 unspecified atom stereocenters. The predicted octanol–water partition coefficient (Wildman–Crippen LogP) is 3.45. The van der Waals surface area contributed by atoms with Gasteiger partial charge in [-0.05, 0) is 31.2 Å². The maximum absolute atomic E-state index is 12.0. The number of hydrogen-bond donors (Lipinski definition) is 2. The molecular formula is C17H15NO4. The number of carbonyl (C=O) groups excluding carboxylic acids is 1. The first kappa shape index (κ1) is 15.3. The number of carboxylic acid groups (broad SMARTS) is 1. The number of benzene rings is 2. The molecule has 0 fully saturated rings. The smallest absolute Gasteiger partial charge is 0.328 e. The summed E-state index contributed by atoms with van der Waals surface area (Å²) in [6, 6.07) is 16.1. The Morgan fingerprint density at radius 3 is 2.36 bits per heavy atom. The molecule has 2 aromatic carbocycles. The van der Waals surface area contributed by atoms with Crippen LogP contribution < -0.4 is 10.1 Å². The number of nitrogens with one attached hydrogen (secondary N) is 1. The van der Waals surface area contributed by atoms with Gasteiger partial charge in [-0.15, -0.1) is 0 Å². The van der Waals surface area contributed by atoms with E-state index in [0.29, 0.717) is 17.2 Å². The Bertz CT molecular complexity index is 708. The summed E-state index contributed by atoms with van der Waals surface area (Å²) in [6.07, 6.45) is 0.857. The van der Waals surface area contributed by atoms with Crippen LogP contribution in [0.2, 0.25) is 0 Å². The maximum atomic E-state index is 12.0. The highest BCUT2D eigenvalue weighted by molar-refractivity contribution is 6.06. The lowest BCUT2D eigenvalue weighted by Gasteiger charge is -2.12. The third-order valence-electron chi connectivity index (χ3n) is 2.80. The van der Waals surface area contributed by atoms with Gasteiger partial charge in [0.1, 0.15) is 5.75 Å². The number of anilines is 1. The van der Waals surface area contributed by atoms with Crippen LogP contribution in [-0.2, 0) is 9.59 Å². The maximum Gasteiger partial charge on any atom is 0.328 e. The highest BCUT2D eigenvalue weighted by atomic mass is 16.5. The molecule has 2 aromatic rings. The summed E-state index contributed by atoms with van der Waals surface area (Å²) in [4.78, 5) is 22.5. The molecule has 0 saturated carbocycles. The van der Waals surface area contributed by atoms with Crippen LogP contribution in [-0.4, -0.2) is 17.0 Å². The molecule has 5 nitrogen and oxygen atoms in total. The summed E-state index contributed by atoms with van der Waals surface area (Å²) in [5.41, 5.74) is 0.566. The highest BCUT2D eigenvalue weighted by Gasteiger charge is 2.10. The zero-order valence-corrected chi connectivity index (χ0v) is 11.9. The number of aliphatic carboxylic acids is 1. The van der Waals surface area contributed by atoms with Gasteiger partial charge in [-0.2, -0.15) is 0 Å². The van der Waals surface area contributed by atoms with Crippen molar-refractivity contribution in [3.8, 4) is 11.5 Å². The van der Waals surface area contributed by atoms with Crippen LogP contribution in [0.3, 0.4) is 0 Å². The average molecular weight is 297 g/mol. The van der Waals surface area contributed by atoms with Crippen LogP contribution in [0.4, 0.5) is 5.69 Å². The first-order chi connectivity index (χ1) is 10.6. The van der Waals surface area contributed by atoms with E-state index in [0.717, 1.165) is 6.08 Å². The van der Waals surface area contributed by atoms with E-state index < -0.39 is 11.9 Å². The van der Waals surface area contributed by atoms with Crippen molar-refractivity contribution in [2.75, 3.05) is 5.32 Å². The fraction of sp³-hybridized carbons (Fsp3) is 0.0588. The lowest BCUT2D eigenvalue weighted by Crippen LogP contribution is -2.14. The van der Waals surface area contributed by atoms with Gasteiger partial charge in [-0.3, -0.25) is 4.79 Å². The zero-order chi connectivity index (χ0) is 15.9. The first-order valence-corrected chi connectivity index (χ1v) is 6.61. The normalized spacial score (nSPS) is 10.9. The largest absolute Gasteiger partial charge is 0.478 e. The summed E-state index contributed by atoms with van der Waals surface area (Å²) in [7, 11) is 0. The first-order valence-electron chi connectivity index (χ1n) is 6.61. The number of hydrogen-bond acceptors (Lipinski definition) is 3. The van der Waals surface area contributed by atoms with Crippen LogP contribution >= 0.6 is 0 Å². The van der Waals surface area contributed by atoms with Crippen molar-refractivity contribution in [3.63, 3.8) is 0 Å². The van der Waals surface area contributed by atoms with Crippen LogP contribution in [0.15, 0.2) is 66.2 Å². The number of para-hydroxylation sites is 3. The molecule has 2 rings (SSSR count). The van der Waals surface area contributed by atoms with Crippen molar-refractivity contribution in [1.82, 2.24) is 0 Å². The monoisotopic (exact) mass is 297 g/mol. The van der Waals surface area contributed by atoms with Gasteiger partial charge < -0.3 is 15.2 Å². The second-order valence-corrected chi connectivity index (χ2v) is 4.53. The van der Waals surface area contributed by atoms with Crippen molar-refractivity contribution in [1.29, 1.82) is 0 Å². The SMILES string of the molecule is C/C(=C\C(=O)O)C(=O)Nc1ccccc1Oc1ccccc1. The van der Waals surface area contributed by atoms with E-state index >= 15 is 0 Å². The molecule has 0 aliphatic rings. The highest BCUT2D eigenvalue weighted by Crippen LogP contribution is 2.29. The van der Waals surface area contributed by atoms with E-state index in [9.17, 15) is 9.59 Å². The van der Waals surface area contributed by atoms with E-state index in [2.05, 4.69) is 5.32 Å². The fourth-order valence-electron chi connectivity index (χ4n) is 1.75. The van der Waals surface area contributed by atoms with E-state index in [4.69, 9.17) is 9.84 Å². The molecule has 0 spiro atoms. The van der Waals surface area contributed by atoms with Gasteiger partial charge >= 0.3 is 5.97 Å². The third-order valence-corrected chi connectivity index (χ3v) is 2.80. The van der Waals surface area contributed by atoms with Crippen molar-refractivity contribution in [2.24, 2.45) is 0 Å². The topological polar surface area (TPSA) is 75.6 Å². The number of ether oxygens (including phenoxy) is 1. The number of carboxylic acids is 1. The van der Waals surface area contributed by atoms with Crippen LogP contribution in [0.5, 0.6) is 11.5 Å². The number of amides is 1. The lowest BCUT2D eigenvalue weighted by atomic mass is 10.2. The van der Waals surface area contributed by atoms with Crippen molar-refractivity contribution in [3.05, 3.63) is 66.2 Å². The van der Waals surface area contributed by atoms with Gasteiger partial charge in [-0.25, -0.2) is 4.79 Å². The minimum atomic E-state index is -1.17. The fourth-order valence-corrected chi connectivity index (χ4v) is 1.75. The van der Waals surface area contributed by atoms with E-state index in [-0.39, 0.29) is 5.57 Å². The summed E-state index contributed by atoms with van der Waals surface area (Å²) < 4.78 is 5.72. The van der Waals surface area contributed by atoms with Gasteiger partial charge in [0.25, 0.3) is 5.91 Å². The van der Waals surface area contributed by atoms with Crippen molar-refractivity contribution in [2.45, 2.75) is 6.92 Å². The summed E-state index contributed by atoms with van der Waals surface area (Å²) in [5, 5.41) is 11.3. The minimum absolute atomic E-state index is 0.0991. The Morgan fingerprint density at radius 1 is 1.05 bits per heavy atom. The molecule has 0 saturated heterocycles. The molecule has 0 heterocycles. The molecule has 0 bridgehead atoms.